The summed E-state index contributed by atoms with van der Waals surface area (Å²) >= 11 is 5.92. The largest absolute Gasteiger partial charge is 0.352 e. The van der Waals surface area contributed by atoms with Gasteiger partial charge in [0.25, 0.3) is 5.91 Å². The van der Waals surface area contributed by atoms with Crippen LogP contribution in [0, 0.1) is 0 Å². The van der Waals surface area contributed by atoms with E-state index in [4.69, 9.17) is 11.6 Å². The molecule has 4 nitrogen and oxygen atoms in total. The molecule has 5 heteroatoms. The molecule has 0 atom stereocenters. The molecule has 4 rings (SSSR count). The number of aromatic nitrogens is 1. The van der Waals surface area contributed by atoms with Crippen molar-refractivity contribution < 1.29 is 4.79 Å². The van der Waals surface area contributed by atoms with E-state index < -0.39 is 0 Å². The number of amides is 1. The van der Waals surface area contributed by atoms with Gasteiger partial charge in [0.05, 0.1) is 11.1 Å². The van der Waals surface area contributed by atoms with Gasteiger partial charge in [-0.05, 0) is 48.4 Å². The molecule has 144 valence electrons. The highest BCUT2D eigenvalue weighted by Crippen LogP contribution is 2.23. The second kappa shape index (κ2) is 8.76. The van der Waals surface area contributed by atoms with E-state index in [1.807, 2.05) is 78.9 Å². The van der Waals surface area contributed by atoms with Gasteiger partial charge in [0, 0.05) is 22.6 Å². The highest BCUT2D eigenvalue weighted by Gasteiger charge is 2.13. The van der Waals surface area contributed by atoms with Crippen molar-refractivity contribution in [2.45, 2.75) is 6.42 Å². The van der Waals surface area contributed by atoms with Crippen LogP contribution in [0.3, 0.4) is 0 Å². The molecule has 0 spiro atoms. The van der Waals surface area contributed by atoms with E-state index in [1.54, 1.807) is 6.07 Å². The molecule has 0 aliphatic heterocycles. The Morgan fingerprint density at radius 1 is 0.897 bits per heavy atom. The number of nitrogens with one attached hydrogen (secondary N) is 2. The molecular formula is C24H20ClN3O. The van der Waals surface area contributed by atoms with Crippen molar-refractivity contribution in [3.8, 4) is 0 Å². The maximum atomic E-state index is 12.9. The van der Waals surface area contributed by atoms with Crippen LogP contribution in [0.2, 0.25) is 5.02 Å². The molecule has 0 radical (unpaired) electrons. The van der Waals surface area contributed by atoms with E-state index in [-0.39, 0.29) is 5.91 Å². The van der Waals surface area contributed by atoms with E-state index in [0.717, 1.165) is 28.6 Å². The third-order valence-electron chi connectivity index (χ3n) is 4.62. The fraction of sp³-hybridized carbons (Fsp3) is 0.0833. The van der Waals surface area contributed by atoms with E-state index in [9.17, 15) is 4.79 Å². The van der Waals surface area contributed by atoms with Crippen molar-refractivity contribution in [3.05, 3.63) is 101 Å². The Morgan fingerprint density at radius 3 is 2.41 bits per heavy atom. The molecule has 0 saturated heterocycles. The lowest BCUT2D eigenvalue weighted by Crippen LogP contribution is -2.26. The maximum Gasteiger partial charge on any atom is 0.252 e. The molecule has 0 saturated carbocycles. The second-order valence-corrected chi connectivity index (χ2v) is 7.13. The lowest BCUT2D eigenvalue weighted by molar-refractivity contribution is 0.0956. The van der Waals surface area contributed by atoms with Crippen LogP contribution in [-0.2, 0) is 6.42 Å². The summed E-state index contributed by atoms with van der Waals surface area (Å²) in [6.45, 7) is 0.540. The summed E-state index contributed by atoms with van der Waals surface area (Å²) in [7, 11) is 0. The van der Waals surface area contributed by atoms with Gasteiger partial charge in [-0.2, -0.15) is 0 Å². The van der Waals surface area contributed by atoms with Gasteiger partial charge in [0.1, 0.15) is 5.82 Å². The van der Waals surface area contributed by atoms with Crippen molar-refractivity contribution in [1.29, 1.82) is 0 Å². The van der Waals surface area contributed by atoms with Gasteiger partial charge in [-0.1, -0.05) is 60.1 Å². The van der Waals surface area contributed by atoms with Crippen LogP contribution in [0.5, 0.6) is 0 Å². The van der Waals surface area contributed by atoms with Gasteiger partial charge < -0.3 is 10.6 Å². The lowest BCUT2D eigenvalue weighted by atomic mass is 10.1. The Labute approximate surface area is 174 Å². The van der Waals surface area contributed by atoms with Gasteiger partial charge in [-0.15, -0.1) is 0 Å². The summed E-state index contributed by atoms with van der Waals surface area (Å²) < 4.78 is 0. The van der Waals surface area contributed by atoms with E-state index in [1.165, 1.54) is 0 Å². The Morgan fingerprint density at radius 2 is 1.62 bits per heavy atom. The Hall–Kier alpha value is -3.37. The number of fused-ring (bicyclic) bond motifs is 1. The normalized spacial score (nSPS) is 10.7. The number of pyridine rings is 1. The summed E-state index contributed by atoms with van der Waals surface area (Å²) in [5.41, 5.74) is 3.42. The van der Waals surface area contributed by atoms with Gasteiger partial charge >= 0.3 is 0 Å². The van der Waals surface area contributed by atoms with E-state index >= 15 is 0 Å². The quantitative estimate of drug-likeness (QED) is 0.442. The minimum absolute atomic E-state index is 0.117. The second-order valence-electron chi connectivity index (χ2n) is 6.70. The van der Waals surface area contributed by atoms with Crippen LogP contribution in [0.1, 0.15) is 15.9 Å². The number of halogens is 1. The number of anilines is 2. The first kappa shape index (κ1) is 19.0. The summed E-state index contributed by atoms with van der Waals surface area (Å²) in [5.74, 6) is 0.520. The Bertz CT molecular complexity index is 1130. The molecular weight excluding hydrogens is 382 g/mol. The van der Waals surface area contributed by atoms with E-state index in [2.05, 4.69) is 15.6 Å². The number of carbonyl (C=O) groups excluding carboxylic acids is 1. The van der Waals surface area contributed by atoms with Crippen LogP contribution in [0.4, 0.5) is 11.5 Å². The van der Waals surface area contributed by atoms with Crippen molar-refractivity contribution in [1.82, 2.24) is 10.3 Å². The number of rotatable bonds is 6. The molecule has 0 bridgehead atoms. The van der Waals surface area contributed by atoms with Crippen LogP contribution in [-0.4, -0.2) is 17.4 Å². The lowest BCUT2D eigenvalue weighted by Gasteiger charge is -2.12. The standard InChI is InChI=1S/C24H20ClN3O/c25-18-12-10-17(11-13-18)14-15-26-24(29)21-16-23(27-19-6-2-1-3-7-19)28-22-9-5-4-8-20(21)22/h1-13,16H,14-15H2,(H,26,29)(H,27,28). The van der Waals surface area contributed by atoms with Crippen LogP contribution >= 0.6 is 11.6 Å². The molecule has 0 fully saturated rings. The fourth-order valence-corrected chi connectivity index (χ4v) is 3.29. The van der Waals surface area contributed by atoms with Crippen LogP contribution in [0.15, 0.2) is 84.9 Å². The maximum absolute atomic E-state index is 12.9. The third kappa shape index (κ3) is 4.73. The highest BCUT2D eigenvalue weighted by molar-refractivity contribution is 6.30. The highest BCUT2D eigenvalue weighted by atomic mass is 35.5. The molecule has 2 N–H and O–H groups in total. The topological polar surface area (TPSA) is 54.0 Å². The van der Waals surface area contributed by atoms with Gasteiger partial charge in [-0.3, -0.25) is 4.79 Å². The number of hydrogen-bond acceptors (Lipinski definition) is 3. The smallest absolute Gasteiger partial charge is 0.252 e. The zero-order valence-corrected chi connectivity index (χ0v) is 16.5. The fourth-order valence-electron chi connectivity index (χ4n) is 3.16. The molecule has 0 aliphatic rings. The number of para-hydroxylation sites is 2. The number of hydrogen-bond donors (Lipinski definition) is 2. The average Bonchev–Trinajstić information content (AvgIpc) is 2.75. The minimum atomic E-state index is -0.117. The molecule has 0 aliphatic carbocycles. The first-order valence-electron chi connectivity index (χ1n) is 9.43. The molecule has 29 heavy (non-hydrogen) atoms. The van der Waals surface area contributed by atoms with Crippen molar-refractivity contribution >= 4 is 39.9 Å². The van der Waals surface area contributed by atoms with Gasteiger partial charge in [0.15, 0.2) is 0 Å². The van der Waals surface area contributed by atoms with Gasteiger partial charge in [0.2, 0.25) is 0 Å². The molecule has 1 heterocycles. The van der Waals surface area contributed by atoms with Crippen LogP contribution in [0.25, 0.3) is 10.9 Å². The SMILES string of the molecule is O=C(NCCc1ccc(Cl)cc1)c1cc(Nc2ccccc2)nc2ccccc12. The van der Waals surface area contributed by atoms with Crippen molar-refractivity contribution in [3.63, 3.8) is 0 Å². The minimum Gasteiger partial charge on any atom is -0.352 e. The number of carbonyl (C=O) groups is 1. The number of nitrogens with zero attached hydrogens (tertiary/aromatic N) is 1. The Balaban J connectivity index is 1.54. The molecule has 0 unspecified atom stereocenters. The van der Waals surface area contributed by atoms with Crippen molar-refractivity contribution in [2.24, 2.45) is 0 Å². The molecule has 3 aromatic carbocycles. The van der Waals surface area contributed by atoms with Crippen molar-refractivity contribution in [2.75, 3.05) is 11.9 Å². The van der Waals surface area contributed by atoms with E-state index in [0.29, 0.717) is 22.9 Å². The summed E-state index contributed by atoms with van der Waals surface area (Å²) in [6, 6.07) is 26.9. The predicted molar refractivity (Wildman–Crippen MR) is 119 cm³/mol. The van der Waals surface area contributed by atoms with Gasteiger partial charge in [-0.25, -0.2) is 4.98 Å². The molecule has 1 aromatic heterocycles. The zero-order chi connectivity index (χ0) is 20.1. The average molecular weight is 402 g/mol. The first-order valence-corrected chi connectivity index (χ1v) is 9.81. The molecule has 4 aromatic rings. The monoisotopic (exact) mass is 401 g/mol. The zero-order valence-electron chi connectivity index (χ0n) is 15.7. The summed E-state index contributed by atoms with van der Waals surface area (Å²) in [6.07, 6.45) is 0.737. The Kier molecular flexibility index (Phi) is 5.73. The first-order chi connectivity index (χ1) is 14.2. The third-order valence-corrected chi connectivity index (χ3v) is 4.87. The van der Waals surface area contributed by atoms with Crippen LogP contribution < -0.4 is 10.6 Å². The summed E-state index contributed by atoms with van der Waals surface area (Å²) in [5, 5.41) is 7.83. The number of benzene rings is 3. The molecule has 1 amide bonds. The summed E-state index contributed by atoms with van der Waals surface area (Å²) in [4.78, 5) is 17.6. The predicted octanol–water partition coefficient (Wildman–Crippen LogP) is 5.60.